The lowest BCUT2D eigenvalue weighted by Gasteiger charge is -2.39. The quantitative estimate of drug-likeness (QED) is 0.311. The van der Waals surface area contributed by atoms with Crippen LogP contribution < -0.4 is 10.6 Å². The molecule has 1 rings (SSSR count). The van der Waals surface area contributed by atoms with Crippen LogP contribution in [0.25, 0.3) is 0 Å². The zero-order chi connectivity index (χ0) is 21.0. The highest BCUT2D eigenvalue weighted by molar-refractivity contribution is 5.79. The largest absolute Gasteiger partial charge is 0.401 e. The van der Waals surface area contributed by atoms with Crippen molar-refractivity contribution in [3.05, 3.63) is 0 Å². The van der Waals surface area contributed by atoms with E-state index >= 15 is 0 Å². The molecule has 9 heteroatoms. The van der Waals surface area contributed by atoms with E-state index < -0.39 is 12.7 Å². The fourth-order valence-electron chi connectivity index (χ4n) is 3.70. The second-order valence-electron chi connectivity index (χ2n) is 7.38. The number of guanidine groups is 1. The number of aliphatic imine (C=N–C) groups is 1. The summed E-state index contributed by atoms with van der Waals surface area (Å²) in [5.74, 6) is 1.29. The number of halogens is 3. The monoisotopic (exact) mass is 409 g/mol. The van der Waals surface area contributed by atoms with Crippen LogP contribution in [0, 0.1) is 5.92 Å². The second kappa shape index (κ2) is 13.2. The summed E-state index contributed by atoms with van der Waals surface area (Å²) in [5.41, 5.74) is 0. The van der Waals surface area contributed by atoms with Crippen LogP contribution in [0.1, 0.15) is 33.1 Å². The summed E-state index contributed by atoms with van der Waals surface area (Å²) in [6.45, 7) is 8.77. The minimum atomic E-state index is -4.15. The SMILES string of the molecule is CCC(CC)C(CNC(=NC)NCCCN(C)CC(F)(F)F)N1CCOCC1. The van der Waals surface area contributed by atoms with Crippen molar-refractivity contribution in [2.75, 3.05) is 66.6 Å². The van der Waals surface area contributed by atoms with Crippen LogP contribution in [-0.4, -0.2) is 94.6 Å². The third-order valence-electron chi connectivity index (χ3n) is 5.27. The fraction of sp³-hybridized carbons (Fsp3) is 0.947. The first-order chi connectivity index (χ1) is 13.3. The van der Waals surface area contributed by atoms with Gasteiger partial charge >= 0.3 is 6.18 Å². The maximum absolute atomic E-state index is 12.4. The number of hydrogen-bond donors (Lipinski definition) is 2. The van der Waals surface area contributed by atoms with Gasteiger partial charge in [0.05, 0.1) is 19.8 Å². The van der Waals surface area contributed by atoms with Crippen molar-refractivity contribution in [2.24, 2.45) is 10.9 Å². The number of nitrogens with zero attached hydrogens (tertiary/aromatic N) is 3. The molecule has 166 valence electrons. The molecule has 1 fully saturated rings. The van der Waals surface area contributed by atoms with Gasteiger partial charge in [0.15, 0.2) is 5.96 Å². The van der Waals surface area contributed by atoms with Gasteiger partial charge < -0.3 is 15.4 Å². The number of alkyl halides is 3. The Morgan fingerprint density at radius 3 is 2.36 bits per heavy atom. The molecule has 0 saturated carbocycles. The molecule has 28 heavy (non-hydrogen) atoms. The topological polar surface area (TPSA) is 52.1 Å². The molecule has 1 aliphatic rings. The number of morpholine rings is 1. The summed E-state index contributed by atoms with van der Waals surface area (Å²) in [6, 6.07) is 0.412. The van der Waals surface area contributed by atoms with Crippen molar-refractivity contribution >= 4 is 5.96 Å². The summed E-state index contributed by atoms with van der Waals surface area (Å²) in [6.07, 6.45) is -1.29. The molecule has 0 aliphatic carbocycles. The van der Waals surface area contributed by atoms with Gasteiger partial charge in [-0.3, -0.25) is 14.8 Å². The van der Waals surface area contributed by atoms with Crippen LogP contribution >= 0.6 is 0 Å². The molecule has 0 bridgehead atoms. The standard InChI is InChI=1S/C19H38F3N5O/c1-5-16(6-2)17(27-10-12-28-13-11-27)14-25-18(23-3)24-8-7-9-26(4)15-19(20,21)22/h16-17H,5-15H2,1-4H3,(H2,23,24,25). The molecule has 0 aromatic heterocycles. The van der Waals surface area contributed by atoms with E-state index in [0.29, 0.717) is 37.4 Å². The zero-order valence-corrected chi connectivity index (χ0v) is 17.8. The molecule has 0 radical (unpaired) electrons. The molecule has 0 amide bonds. The van der Waals surface area contributed by atoms with E-state index in [1.165, 1.54) is 11.9 Å². The molecule has 2 N–H and O–H groups in total. The summed E-state index contributed by atoms with van der Waals surface area (Å²) < 4.78 is 42.5. The molecule has 6 nitrogen and oxygen atoms in total. The van der Waals surface area contributed by atoms with Crippen LogP contribution in [-0.2, 0) is 4.74 Å². The van der Waals surface area contributed by atoms with E-state index in [4.69, 9.17) is 4.74 Å². The van der Waals surface area contributed by atoms with Crippen LogP contribution in [0.3, 0.4) is 0 Å². The van der Waals surface area contributed by atoms with E-state index in [1.54, 1.807) is 7.05 Å². The number of hydrogen-bond acceptors (Lipinski definition) is 4. The Labute approximate surface area is 167 Å². The van der Waals surface area contributed by atoms with Gasteiger partial charge in [-0.15, -0.1) is 0 Å². The Hall–Kier alpha value is -1.06. The van der Waals surface area contributed by atoms with Crippen LogP contribution in [0.4, 0.5) is 13.2 Å². The van der Waals surface area contributed by atoms with Gasteiger partial charge in [-0.2, -0.15) is 13.2 Å². The third kappa shape index (κ3) is 9.93. The summed E-state index contributed by atoms with van der Waals surface area (Å²) in [7, 11) is 3.20. The van der Waals surface area contributed by atoms with Crippen LogP contribution in [0.5, 0.6) is 0 Å². The lowest BCUT2D eigenvalue weighted by Crippen LogP contribution is -2.53. The molecular formula is C19H38F3N5O. The Morgan fingerprint density at radius 2 is 1.82 bits per heavy atom. The highest BCUT2D eigenvalue weighted by Gasteiger charge is 2.29. The Balaban J connectivity index is 2.42. The number of ether oxygens (including phenoxy) is 1. The molecule has 1 heterocycles. The second-order valence-corrected chi connectivity index (χ2v) is 7.38. The van der Waals surface area contributed by atoms with Gasteiger partial charge in [0, 0.05) is 39.3 Å². The molecule has 1 atom stereocenters. The number of nitrogens with one attached hydrogen (secondary N) is 2. The van der Waals surface area contributed by atoms with Crippen molar-refractivity contribution in [1.29, 1.82) is 0 Å². The van der Waals surface area contributed by atoms with Crippen molar-refractivity contribution in [2.45, 2.75) is 45.3 Å². The molecule has 0 aromatic rings. The molecule has 1 unspecified atom stereocenters. The molecule has 1 saturated heterocycles. The Kier molecular flexibility index (Phi) is 11.8. The highest BCUT2D eigenvalue weighted by atomic mass is 19.4. The Bertz CT molecular complexity index is 438. The third-order valence-corrected chi connectivity index (χ3v) is 5.27. The van der Waals surface area contributed by atoms with Gasteiger partial charge in [0.2, 0.25) is 0 Å². The average Bonchev–Trinajstić information content (AvgIpc) is 2.65. The first kappa shape index (κ1) is 25.0. The van der Waals surface area contributed by atoms with Crippen molar-refractivity contribution in [1.82, 2.24) is 20.4 Å². The van der Waals surface area contributed by atoms with Gasteiger partial charge in [-0.05, 0) is 25.9 Å². The first-order valence-electron chi connectivity index (χ1n) is 10.3. The molecular weight excluding hydrogens is 371 g/mol. The summed E-state index contributed by atoms with van der Waals surface area (Å²) in [4.78, 5) is 8.03. The van der Waals surface area contributed by atoms with Gasteiger partial charge in [0.1, 0.15) is 0 Å². The maximum atomic E-state index is 12.4. The van der Waals surface area contributed by atoms with E-state index in [1.807, 2.05) is 0 Å². The van der Waals surface area contributed by atoms with Gasteiger partial charge in [-0.25, -0.2) is 0 Å². The van der Waals surface area contributed by atoms with Crippen LogP contribution in [0.15, 0.2) is 4.99 Å². The summed E-state index contributed by atoms with van der Waals surface area (Å²) in [5, 5.41) is 6.61. The normalized spacial score (nSPS) is 18.0. The number of rotatable bonds is 11. The highest BCUT2D eigenvalue weighted by Crippen LogP contribution is 2.19. The van der Waals surface area contributed by atoms with Crippen molar-refractivity contribution < 1.29 is 17.9 Å². The van der Waals surface area contributed by atoms with E-state index in [0.717, 1.165) is 45.7 Å². The predicted octanol–water partition coefficient (Wildman–Crippen LogP) is 2.17. The lowest BCUT2D eigenvalue weighted by atomic mass is 9.92. The van der Waals surface area contributed by atoms with Crippen molar-refractivity contribution in [3.8, 4) is 0 Å². The smallest absolute Gasteiger partial charge is 0.379 e. The lowest BCUT2D eigenvalue weighted by molar-refractivity contribution is -0.143. The van der Waals surface area contributed by atoms with E-state index in [9.17, 15) is 13.2 Å². The van der Waals surface area contributed by atoms with Gasteiger partial charge in [-0.1, -0.05) is 26.7 Å². The molecule has 1 aliphatic heterocycles. The first-order valence-corrected chi connectivity index (χ1v) is 10.3. The fourth-order valence-corrected chi connectivity index (χ4v) is 3.70. The van der Waals surface area contributed by atoms with Crippen molar-refractivity contribution in [3.63, 3.8) is 0 Å². The summed E-state index contributed by atoms with van der Waals surface area (Å²) >= 11 is 0. The van der Waals surface area contributed by atoms with E-state index in [-0.39, 0.29) is 0 Å². The maximum Gasteiger partial charge on any atom is 0.401 e. The zero-order valence-electron chi connectivity index (χ0n) is 17.8. The minimum Gasteiger partial charge on any atom is -0.379 e. The van der Waals surface area contributed by atoms with Crippen LogP contribution in [0.2, 0.25) is 0 Å². The molecule has 0 spiro atoms. The van der Waals surface area contributed by atoms with E-state index in [2.05, 4.69) is 34.4 Å². The molecule has 0 aromatic carbocycles. The predicted molar refractivity (Wildman–Crippen MR) is 108 cm³/mol. The van der Waals surface area contributed by atoms with Gasteiger partial charge in [0.25, 0.3) is 0 Å². The minimum absolute atomic E-state index is 0.383. The average molecular weight is 410 g/mol. The Morgan fingerprint density at radius 1 is 1.18 bits per heavy atom.